The molecule has 5 nitrogen and oxygen atoms in total. The summed E-state index contributed by atoms with van der Waals surface area (Å²) in [5.41, 5.74) is -3.42. The van der Waals surface area contributed by atoms with Crippen molar-refractivity contribution in [2.45, 2.75) is 33.3 Å². The molecule has 116 valence electrons. The van der Waals surface area contributed by atoms with Crippen LogP contribution in [0.3, 0.4) is 0 Å². The maximum atomic E-state index is 12.6. The minimum absolute atomic E-state index is 0.00968. The number of hydrogen-bond acceptors (Lipinski definition) is 5. The predicted molar refractivity (Wildman–Crippen MR) is 79.1 cm³/mol. The highest BCUT2D eigenvalue weighted by Gasteiger charge is 2.63. The summed E-state index contributed by atoms with van der Waals surface area (Å²) in [6, 6.07) is 4.05. The first-order chi connectivity index (χ1) is 10.0. The number of ketones is 3. The van der Waals surface area contributed by atoms with Gasteiger partial charge in [-0.3, -0.25) is 14.4 Å². The number of carbonyl (C=O) groups excluding carboxylic acids is 4. The average molecular weight is 323 g/mol. The number of ether oxygens (including phenoxy) is 1. The van der Waals surface area contributed by atoms with Crippen LogP contribution in [0.25, 0.3) is 0 Å². The molecule has 1 aliphatic rings. The van der Waals surface area contributed by atoms with Gasteiger partial charge in [-0.15, -0.1) is 0 Å². The van der Waals surface area contributed by atoms with Gasteiger partial charge in [-0.05, 0) is 45.9 Å². The van der Waals surface area contributed by atoms with Gasteiger partial charge in [-0.25, -0.2) is 4.79 Å². The molecule has 1 aromatic rings. The lowest BCUT2D eigenvalue weighted by Gasteiger charge is -2.27. The molecule has 1 unspecified atom stereocenters. The summed E-state index contributed by atoms with van der Waals surface area (Å²) in [5.74, 6) is -3.73. The third-order valence-electron chi connectivity index (χ3n) is 3.39. The lowest BCUT2D eigenvalue weighted by molar-refractivity contribution is -0.163. The van der Waals surface area contributed by atoms with Crippen molar-refractivity contribution in [3.63, 3.8) is 0 Å². The summed E-state index contributed by atoms with van der Waals surface area (Å²) >= 11 is 5.83. The standard InChI is InChI=1S/C16H15ClO5/c1-8(18)16(14(21)22-15(2,3)4)12(19)10-6-5-9(17)7-11(10)13(16)20/h5-7H,1-4H3. The fraction of sp³-hybridized carbons (Fsp3) is 0.375. The number of halogens is 1. The fourth-order valence-corrected chi connectivity index (χ4v) is 2.59. The third kappa shape index (κ3) is 2.25. The van der Waals surface area contributed by atoms with Gasteiger partial charge >= 0.3 is 5.97 Å². The van der Waals surface area contributed by atoms with Crippen LogP contribution in [-0.2, 0) is 14.3 Å². The molecule has 0 bridgehead atoms. The fourth-order valence-electron chi connectivity index (χ4n) is 2.41. The van der Waals surface area contributed by atoms with Gasteiger partial charge in [0, 0.05) is 16.1 Å². The Balaban J connectivity index is 2.64. The SMILES string of the molecule is CC(=O)C1(C(=O)OC(C)(C)C)C(=O)c2ccc(Cl)cc2C1=O. The monoisotopic (exact) mass is 322 g/mol. The summed E-state index contributed by atoms with van der Waals surface area (Å²) in [5, 5.41) is 0.239. The second-order valence-electron chi connectivity index (χ2n) is 6.16. The summed E-state index contributed by atoms with van der Waals surface area (Å²) in [4.78, 5) is 49.8. The summed E-state index contributed by atoms with van der Waals surface area (Å²) in [7, 11) is 0. The molecule has 0 fully saturated rings. The predicted octanol–water partition coefficient (Wildman–Crippen LogP) is 2.64. The first-order valence-corrected chi connectivity index (χ1v) is 7.03. The Bertz CT molecular complexity index is 714. The van der Waals surface area contributed by atoms with Crippen molar-refractivity contribution in [2.75, 3.05) is 0 Å². The largest absolute Gasteiger partial charge is 0.459 e. The van der Waals surface area contributed by atoms with E-state index < -0.39 is 34.3 Å². The zero-order valence-corrected chi connectivity index (χ0v) is 13.4. The van der Waals surface area contributed by atoms with Crippen molar-refractivity contribution < 1.29 is 23.9 Å². The summed E-state index contributed by atoms with van der Waals surface area (Å²) in [6.45, 7) is 5.80. The van der Waals surface area contributed by atoms with E-state index in [2.05, 4.69) is 0 Å². The molecular weight excluding hydrogens is 308 g/mol. The third-order valence-corrected chi connectivity index (χ3v) is 3.62. The number of esters is 1. The summed E-state index contributed by atoms with van der Waals surface area (Å²) < 4.78 is 5.15. The van der Waals surface area contributed by atoms with Crippen molar-refractivity contribution in [1.29, 1.82) is 0 Å². The number of Topliss-reactive ketones (excluding diaryl/α,β-unsaturated/α-hetero) is 3. The molecule has 1 aromatic carbocycles. The number of fused-ring (bicyclic) bond motifs is 1. The van der Waals surface area contributed by atoms with Crippen LogP contribution in [0, 0.1) is 5.41 Å². The van der Waals surface area contributed by atoms with E-state index in [-0.39, 0.29) is 16.1 Å². The Morgan fingerprint density at radius 3 is 2.14 bits per heavy atom. The lowest BCUT2D eigenvalue weighted by atomic mass is 9.79. The Hall–Kier alpha value is -2.01. The maximum Gasteiger partial charge on any atom is 0.336 e. The van der Waals surface area contributed by atoms with Crippen LogP contribution in [0.15, 0.2) is 18.2 Å². The Labute approximate surface area is 132 Å². The number of rotatable bonds is 2. The Morgan fingerprint density at radius 1 is 1.09 bits per heavy atom. The number of benzene rings is 1. The molecule has 6 heteroatoms. The van der Waals surface area contributed by atoms with Gasteiger partial charge in [-0.1, -0.05) is 11.6 Å². The van der Waals surface area contributed by atoms with Crippen molar-refractivity contribution in [3.05, 3.63) is 34.3 Å². The average Bonchev–Trinajstić information content (AvgIpc) is 2.57. The molecule has 0 radical (unpaired) electrons. The molecule has 0 N–H and O–H groups in total. The molecule has 2 rings (SSSR count). The van der Waals surface area contributed by atoms with E-state index in [0.29, 0.717) is 0 Å². The normalized spacial score (nSPS) is 20.8. The molecule has 0 amide bonds. The van der Waals surface area contributed by atoms with Crippen molar-refractivity contribution in [2.24, 2.45) is 5.41 Å². The maximum absolute atomic E-state index is 12.6. The molecular formula is C16H15ClO5. The van der Waals surface area contributed by atoms with E-state index in [1.807, 2.05) is 0 Å². The van der Waals surface area contributed by atoms with Gasteiger partial charge in [0.25, 0.3) is 5.41 Å². The minimum atomic E-state index is -2.46. The molecule has 22 heavy (non-hydrogen) atoms. The van der Waals surface area contributed by atoms with Gasteiger partial charge in [-0.2, -0.15) is 0 Å². The van der Waals surface area contributed by atoms with Crippen molar-refractivity contribution in [3.8, 4) is 0 Å². The molecule has 0 aliphatic heterocycles. The highest BCUT2D eigenvalue weighted by Crippen LogP contribution is 2.40. The number of hydrogen-bond donors (Lipinski definition) is 0. The molecule has 0 heterocycles. The lowest BCUT2D eigenvalue weighted by Crippen LogP contribution is -2.50. The van der Waals surface area contributed by atoms with Crippen LogP contribution in [0.2, 0.25) is 5.02 Å². The van der Waals surface area contributed by atoms with Crippen LogP contribution >= 0.6 is 11.6 Å². The highest BCUT2D eigenvalue weighted by atomic mass is 35.5. The summed E-state index contributed by atoms with van der Waals surface area (Å²) in [6.07, 6.45) is 0. The first-order valence-electron chi connectivity index (χ1n) is 6.65. The molecule has 1 atom stereocenters. The zero-order chi connectivity index (χ0) is 16.9. The van der Waals surface area contributed by atoms with Crippen LogP contribution < -0.4 is 0 Å². The second kappa shape index (κ2) is 5.02. The zero-order valence-electron chi connectivity index (χ0n) is 12.7. The quantitative estimate of drug-likeness (QED) is 0.618. The van der Waals surface area contributed by atoms with E-state index in [4.69, 9.17) is 16.3 Å². The first kappa shape index (κ1) is 16.4. The highest BCUT2D eigenvalue weighted by molar-refractivity contribution is 6.48. The molecule has 0 saturated heterocycles. The van der Waals surface area contributed by atoms with E-state index >= 15 is 0 Å². The molecule has 0 saturated carbocycles. The van der Waals surface area contributed by atoms with Crippen LogP contribution in [0.5, 0.6) is 0 Å². The van der Waals surface area contributed by atoms with Gasteiger partial charge in [0.1, 0.15) is 5.60 Å². The molecule has 0 aromatic heterocycles. The van der Waals surface area contributed by atoms with E-state index in [0.717, 1.165) is 6.92 Å². The smallest absolute Gasteiger partial charge is 0.336 e. The van der Waals surface area contributed by atoms with E-state index in [1.165, 1.54) is 18.2 Å². The van der Waals surface area contributed by atoms with Gasteiger partial charge in [0.05, 0.1) is 0 Å². The van der Waals surface area contributed by atoms with Crippen LogP contribution in [0.4, 0.5) is 0 Å². The molecule has 0 spiro atoms. The van der Waals surface area contributed by atoms with Crippen LogP contribution in [-0.4, -0.2) is 28.9 Å². The van der Waals surface area contributed by atoms with Gasteiger partial charge < -0.3 is 4.74 Å². The van der Waals surface area contributed by atoms with E-state index in [1.54, 1.807) is 20.8 Å². The van der Waals surface area contributed by atoms with Crippen molar-refractivity contribution in [1.82, 2.24) is 0 Å². The Morgan fingerprint density at radius 2 is 1.64 bits per heavy atom. The van der Waals surface area contributed by atoms with Gasteiger partial charge in [0.15, 0.2) is 17.3 Å². The molecule has 1 aliphatic carbocycles. The number of carbonyl (C=O) groups is 4. The van der Waals surface area contributed by atoms with Gasteiger partial charge in [0.2, 0.25) is 0 Å². The van der Waals surface area contributed by atoms with Crippen LogP contribution in [0.1, 0.15) is 48.4 Å². The second-order valence-corrected chi connectivity index (χ2v) is 6.59. The van der Waals surface area contributed by atoms with E-state index in [9.17, 15) is 19.2 Å². The minimum Gasteiger partial charge on any atom is -0.459 e. The van der Waals surface area contributed by atoms with Crippen molar-refractivity contribution >= 4 is 34.9 Å². The topological polar surface area (TPSA) is 77.5 Å². The Kier molecular flexibility index (Phi) is 3.73.